The highest BCUT2D eigenvalue weighted by Crippen LogP contribution is 2.15. The zero-order chi connectivity index (χ0) is 17.6. The molecule has 2 aromatic heterocycles. The molecule has 0 bridgehead atoms. The maximum atomic E-state index is 12.2. The highest BCUT2D eigenvalue weighted by atomic mass is 32.1. The minimum Gasteiger partial charge on any atom is -0.385 e. The molecule has 0 aliphatic carbocycles. The van der Waals surface area contributed by atoms with Gasteiger partial charge in [-0.2, -0.15) is 0 Å². The van der Waals surface area contributed by atoms with Crippen LogP contribution in [-0.2, 0) is 4.74 Å². The number of likely N-dealkylation sites (tertiary alicyclic amines) is 1. The van der Waals surface area contributed by atoms with Gasteiger partial charge in [-0.25, -0.2) is 9.78 Å². The molecule has 0 spiro atoms. The van der Waals surface area contributed by atoms with Crippen molar-refractivity contribution in [2.24, 2.45) is 5.92 Å². The molecule has 3 heterocycles. The number of ether oxygens (including phenoxy) is 1. The summed E-state index contributed by atoms with van der Waals surface area (Å²) in [5, 5.41) is 7.24. The van der Waals surface area contributed by atoms with Gasteiger partial charge in [0.15, 0.2) is 4.96 Å². The Morgan fingerprint density at radius 2 is 2.40 bits per heavy atom. The molecule has 1 unspecified atom stereocenters. The van der Waals surface area contributed by atoms with Crippen molar-refractivity contribution in [1.29, 1.82) is 0 Å². The van der Waals surface area contributed by atoms with E-state index >= 15 is 0 Å². The smallest absolute Gasteiger partial charge is 0.319 e. The second-order valence-electron chi connectivity index (χ2n) is 6.17. The largest absolute Gasteiger partial charge is 0.385 e. The lowest BCUT2D eigenvalue weighted by Crippen LogP contribution is -2.36. The molecule has 8 nitrogen and oxygen atoms in total. The maximum Gasteiger partial charge on any atom is 0.319 e. The highest BCUT2D eigenvalue weighted by molar-refractivity contribution is 7.15. The van der Waals surface area contributed by atoms with E-state index in [0.29, 0.717) is 17.4 Å². The monoisotopic (exact) mass is 365 g/mol. The Balaban J connectivity index is 1.45. The molecule has 9 heteroatoms. The van der Waals surface area contributed by atoms with Gasteiger partial charge in [0, 0.05) is 44.9 Å². The Bertz CT molecular complexity index is 774. The fourth-order valence-electron chi connectivity index (χ4n) is 3.03. The van der Waals surface area contributed by atoms with Crippen LogP contribution in [0.4, 0.5) is 10.5 Å². The van der Waals surface area contributed by atoms with E-state index in [4.69, 9.17) is 4.74 Å². The van der Waals surface area contributed by atoms with Gasteiger partial charge in [-0.1, -0.05) is 0 Å². The first kappa shape index (κ1) is 17.8. The van der Waals surface area contributed by atoms with Crippen molar-refractivity contribution in [3.8, 4) is 0 Å². The Kier molecular flexibility index (Phi) is 6.00. The fraction of sp³-hybridized carbons (Fsp3) is 0.562. The molecule has 1 saturated heterocycles. The van der Waals surface area contributed by atoms with E-state index in [2.05, 4.69) is 20.5 Å². The van der Waals surface area contributed by atoms with Crippen LogP contribution in [0.2, 0.25) is 0 Å². The third-order valence-corrected chi connectivity index (χ3v) is 5.11. The third kappa shape index (κ3) is 4.56. The SMILES string of the molecule is COCCCN1CCC(CNC(=O)Nc2cnc3sccn3c2=O)C1. The van der Waals surface area contributed by atoms with E-state index in [0.717, 1.165) is 39.1 Å². The number of thiazole rings is 1. The van der Waals surface area contributed by atoms with Gasteiger partial charge in [-0.15, -0.1) is 11.3 Å². The molecule has 136 valence electrons. The van der Waals surface area contributed by atoms with Crippen molar-refractivity contribution < 1.29 is 9.53 Å². The Hall–Kier alpha value is -1.97. The number of amides is 2. The van der Waals surface area contributed by atoms with E-state index in [1.54, 1.807) is 18.7 Å². The summed E-state index contributed by atoms with van der Waals surface area (Å²) in [6, 6.07) is -0.369. The molecule has 0 saturated carbocycles. The van der Waals surface area contributed by atoms with Crippen LogP contribution >= 0.6 is 11.3 Å². The second kappa shape index (κ2) is 8.41. The van der Waals surface area contributed by atoms with Gasteiger partial charge in [-0.3, -0.25) is 9.20 Å². The predicted octanol–water partition coefficient (Wildman–Crippen LogP) is 1.24. The summed E-state index contributed by atoms with van der Waals surface area (Å²) in [6.45, 7) is 4.44. The standard InChI is InChI=1S/C16H23N5O3S/c1-24-7-2-4-20-5-3-12(11-20)9-17-15(23)19-13-10-18-16-21(14(13)22)6-8-25-16/h6,8,10,12H,2-5,7,9,11H2,1H3,(H2,17,19,23). The Morgan fingerprint density at radius 3 is 3.24 bits per heavy atom. The number of fused-ring (bicyclic) bond motifs is 1. The summed E-state index contributed by atoms with van der Waals surface area (Å²) in [5.74, 6) is 0.437. The van der Waals surface area contributed by atoms with Crippen LogP contribution in [-0.4, -0.2) is 60.2 Å². The molecule has 1 fully saturated rings. The number of anilines is 1. The number of rotatable bonds is 7. The number of carbonyl (C=O) groups excluding carboxylic acids is 1. The fourth-order valence-corrected chi connectivity index (χ4v) is 3.70. The van der Waals surface area contributed by atoms with Crippen LogP contribution in [0.25, 0.3) is 4.96 Å². The normalized spacial score (nSPS) is 17.9. The van der Waals surface area contributed by atoms with Gasteiger partial charge >= 0.3 is 6.03 Å². The summed E-state index contributed by atoms with van der Waals surface area (Å²) in [7, 11) is 1.72. The lowest BCUT2D eigenvalue weighted by Gasteiger charge is -2.16. The van der Waals surface area contributed by atoms with Crippen LogP contribution in [0, 0.1) is 5.92 Å². The zero-order valence-corrected chi connectivity index (χ0v) is 15.1. The molecule has 1 atom stereocenters. The maximum absolute atomic E-state index is 12.2. The van der Waals surface area contributed by atoms with Crippen LogP contribution < -0.4 is 16.2 Å². The van der Waals surface area contributed by atoms with E-state index in [9.17, 15) is 9.59 Å². The third-order valence-electron chi connectivity index (χ3n) is 4.34. The van der Waals surface area contributed by atoms with Gasteiger partial charge < -0.3 is 20.3 Å². The number of methoxy groups -OCH3 is 1. The van der Waals surface area contributed by atoms with Crippen molar-refractivity contribution in [3.05, 3.63) is 28.1 Å². The van der Waals surface area contributed by atoms with Gasteiger partial charge in [0.1, 0.15) is 5.69 Å². The average Bonchev–Trinajstić information content (AvgIpc) is 3.25. The molecule has 2 N–H and O–H groups in total. The number of nitrogens with one attached hydrogen (secondary N) is 2. The lowest BCUT2D eigenvalue weighted by atomic mass is 10.1. The number of aromatic nitrogens is 2. The first-order chi connectivity index (χ1) is 12.2. The second-order valence-corrected chi connectivity index (χ2v) is 7.04. The molecule has 2 amide bonds. The molecule has 0 radical (unpaired) electrons. The number of hydrogen-bond donors (Lipinski definition) is 2. The van der Waals surface area contributed by atoms with Gasteiger partial charge in [-0.05, 0) is 25.3 Å². The highest BCUT2D eigenvalue weighted by Gasteiger charge is 2.22. The molecular weight excluding hydrogens is 342 g/mol. The Morgan fingerprint density at radius 1 is 1.52 bits per heavy atom. The van der Waals surface area contributed by atoms with Crippen LogP contribution in [0.1, 0.15) is 12.8 Å². The first-order valence-electron chi connectivity index (χ1n) is 8.38. The molecule has 1 aliphatic heterocycles. The van der Waals surface area contributed by atoms with E-state index in [1.807, 2.05) is 0 Å². The van der Waals surface area contributed by atoms with Gasteiger partial charge in [0.2, 0.25) is 0 Å². The lowest BCUT2D eigenvalue weighted by molar-refractivity contribution is 0.178. The topological polar surface area (TPSA) is 88.0 Å². The van der Waals surface area contributed by atoms with Crippen LogP contribution in [0.15, 0.2) is 22.6 Å². The average molecular weight is 365 g/mol. The number of carbonyl (C=O) groups is 1. The molecule has 2 aromatic rings. The summed E-state index contributed by atoms with van der Waals surface area (Å²) in [6.07, 6.45) is 5.15. The summed E-state index contributed by atoms with van der Waals surface area (Å²) < 4.78 is 6.50. The molecule has 25 heavy (non-hydrogen) atoms. The van der Waals surface area contributed by atoms with Crippen molar-refractivity contribution in [3.63, 3.8) is 0 Å². The summed E-state index contributed by atoms with van der Waals surface area (Å²) in [4.78, 5) is 31.4. The van der Waals surface area contributed by atoms with E-state index < -0.39 is 0 Å². The van der Waals surface area contributed by atoms with Gasteiger partial charge in [0.05, 0.1) is 6.20 Å². The molecular formula is C16H23N5O3S. The predicted molar refractivity (Wildman–Crippen MR) is 97.4 cm³/mol. The quantitative estimate of drug-likeness (QED) is 0.721. The molecule has 0 aromatic carbocycles. The van der Waals surface area contributed by atoms with Crippen molar-refractivity contribution >= 4 is 28.0 Å². The van der Waals surface area contributed by atoms with E-state index in [1.165, 1.54) is 21.9 Å². The summed E-state index contributed by atoms with van der Waals surface area (Å²) in [5.41, 5.74) is -0.0902. The van der Waals surface area contributed by atoms with Gasteiger partial charge in [0.25, 0.3) is 5.56 Å². The number of urea groups is 1. The van der Waals surface area contributed by atoms with Crippen molar-refractivity contribution in [1.82, 2.24) is 19.6 Å². The molecule has 1 aliphatic rings. The zero-order valence-electron chi connectivity index (χ0n) is 14.2. The minimum absolute atomic E-state index is 0.181. The number of nitrogens with zero attached hydrogens (tertiary/aromatic N) is 3. The van der Waals surface area contributed by atoms with E-state index in [-0.39, 0.29) is 17.3 Å². The Labute approximate surface area is 149 Å². The number of hydrogen-bond acceptors (Lipinski definition) is 6. The van der Waals surface area contributed by atoms with Crippen LogP contribution in [0.3, 0.4) is 0 Å². The molecule has 3 rings (SSSR count). The minimum atomic E-state index is -0.369. The van der Waals surface area contributed by atoms with Crippen molar-refractivity contribution in [2.45, 2.75) is 12.8 Å². The first-order valence-corrected chi connectivity index (χ1v) is 9.26. The summed E-state index contributed by atoms with van der Waals surface area (Å²) >= 11 is 1.37. The van der Waals surface area contributed by atoms with Crippen molar-refractivity contribution in [2.75, 3.05) is 45.2 Å². The van der Waals surface area contributed by atoms with Crippen LogP contribution in [0.5, 0.6) is 0 Å².